The van der Waals surface area contributed by atoms with Crippen LogP contribution in [0.2, 0.25) is 0 Å². The lowest BCUT2D eigenvalue weighted by molar-refractivity contribution is -0.127. The molecule has 1 aliphatic heterocycles. The summed E-state index contributed by atoms with van der Waals surface area (Å²) in [6, 6.07) is 16.4. The van der Waals surface area contributed by atoms with E-state index in [2.05, 4.69) is 27.2 Å². The second-order valence-corrected chi connectivity index (χ2v) is 8.22. The molecule has 8 heteroatoms. The second-order valence-electron chi connectivity index (χ2n) is 8.22. The largest absolute Gasteiger partial charge is 0.457 e. The molecule has 0 saturated carbocycles. The van der Waals surface area contributed by atoms with E-state index in [0.717, 1.165) is 18.6 Å². The van der Waals surface area contributed by atoms with Crippen molar-refractivity contribution in [3.8, 4) is 11.5 Å². The third-order valence-corrected chi connectivity index (χ3v) is 5.76. The number of hydrogen-bond donors (Lipinski definition) is 2. The Hall–Kier alpha value is -4.20. The molecule has 1 saturated heterocycles. The monoisotopic (exact) mass is 471 g/mol. The lowest BCUT2D eigenvalue weighted by Crippen LogP contribution is -2.44. The number of piperidine rings is 1. The van der Waals surface area contributed by atoms with Crippen LogP contribution in [0, 0.1) is 0 Å². The van der Waals surface area contributed by atoms with Crippen LogP contribution in [0.5, 0.6) is 11.5 Å². The topological polar surface area (TPSA) is 96.5 Å². The van der Waals surface area contributed by atoms with Gasteiger partial charge in [-0.2, -0.15) is 0 Å². The molecule has 0 bridgehead atoms. The number of nitrogens with zero attached hydrogens (tertiary/aromatic N) is 3. The van der Waals surface area contributed by atoms with Gasteiger partial charge in [-0.05, 0) is 62.2 Å². The maximum absolute atomic E-state index is 13.6. The van der Waals surface area contributed by atoms with Gasteiger partial charge >= 0.3 is 0 Å². The van der Waals surface area contributed by atoms with E-state index >= 15 is 0 Å². The molecule has 2 heterocycles. The van der Waals surface area contributed by atoms with Gasteiger partial charge in [0.2, 0.25) is 5.91 Å². The first kappa shape index (κ1) is 23.9. The van der Waals surface area contributed by atoms with Gasteiger partial charge < -0.3 is 20.3 Å². The van der Waals surface area contributed by atoms with Crippen LogP contribution in [0.25, 0.3) is 0 Å². The number of para-hydroxylation sites is 1. The van der Waals surface area contributed by atoms with Gasteiger partial charge in [-0.3, -0.25) is 9.59 Å². The number of anilines is 2. The standard InChI is InChI=1S/C27H29N5O3/c1-3-23(33)32-16-8-9-20(17-32)31-27-24(26(28-4-2)29-18-30-27)25(34)19-12-14-22(15-13-19)35-21-10-6-5-7-11-21/h3,5-7,10-15,18,20H,1,4,8-9,16-17H2,2H3,(H2,28,29,30,31)/t20-/m1/s1. The van der Waals surface area contributed by atoms with Gasteiger partial charge in [-0.25, -0.2) is 9.97 Å². The quantitative estimate of drug-likeness (QED) is 0.350. The lowest BCUT2D eigenvalue weighted by Gasteiger charge is -2.33. The van der Waals surface area contributed by atoms with Gasteiger partial charge in [0.15, 0.2) is 5.78 Å². The van der Waals surface area contributed by atoms with Crippen molar-refractivity contribution in [1.29, 1.82) is 0 Å². The van der Waals surface area contributed by atoms with Gasteiger partial charge in [0.1, 0.15) is 35.0 Å². The Kier molecular flexibility index (Phi) is 7.72. The van der Waals surface area contributed by atoms with Crippen LogP contribution in [0.1, 0.15) is 35.7 Å². The third-order valence-electron chi connectivity index (χ3n) is 5.76. The van der Waals surface area contributed by atoms with Crippen molar-refractivity contribution in [3.05, 3.63) is 84.7 Å². The number of carbonyl (C=O) groups is 2. The summed E-state index contributed by atoms with van der Waals surface area (Å²) in [5.41, 5.74) is 0.868. The normalized spacial score (nSPS) is 15.2. The third kappa shape index (κ3) is 5.84. The minimum absolute atomic E-state index is 0.0368. The molecule has 0 unspecified atom stereocenters. The van der Waals surface area contributed by atoms with Crippen molar-refractivity contribution in [2.45, 2.75) is 25.8 Å². The number of amides is 1. The number of likely N-dealkylation sites (tertiary alicyclic amines) is 1. The summed E-state index contributed by atoms with van der Waals surface area (Å²) in [5.74, 6) is 1.97. The van der Waals surface area contributed by atoms with Crippen molar-refractivity contribution >= 4 is 23.3 Å². The van der Waals surface area contributed by atoms with Crippen LogP contribution in [0.4, 0.5) is 11.6 Å². The van der Waals surface area contributed by atoms with E-state index in [1.165, 1.54) is 12.4 Å². The maximum atomic E-state index is 13.6. The summed E-state index contributed by atoms with van der Waals surface area (Å²) < 4.78 is 5.84. The molecule has 3 aromatic rings. The highest BCUT2D eigenvalue weighted by Crippen LogP contribution is 2.27. The zero-order valence-corrected chi connectivity index (χ0v) is 19.7. The molecular weight excluding hydrogens is 442 g/mol. The van der Waals surface area contributed by atoms with E-state index in [0.29, 0.717) is 48.1 Å². The number of benzene rings is 2. The van der Waals surface area contributed by atoms with Crippen molar-refractivity contribution < 1.29 is 14.3 Å². The smallest absolute Gasteiger partial charge is 0.246 e. The Morgan fingerprint density at radius 3 is 2.51 bits per heavy atom. The Morgan fingerprint density at radius 2 is 1.80 bits per heavy atom. The molecule has 2 N–H and O–H groups in total. The minimum Gasteiger partial charge on any atom is -0.457 e. The Labute approximate surface area is 205 Å². The van der Waals surface area contributed by atoms with E-state index in [1.807, 2.05) is 37.3 Å². The van der Waals surface area contributed by atoms with E-state index in [9.17, 15) is 9.59 Å². The minimum atomic E-state index is -0.204. The van der Waals surface area contributed by atoms with Crippen molar-refractivity contribution in [1.82, 2.24) is 14.9 Å². The molecule has 0 spiro atoms. The van der Waals surface area contributed by atoms with Gasteiger partial charge in [-0.1, -0.05) is 24.8 Å². The van der Waals surface area contributed by atoms with Gasteiger partial charge in [0, 0.05) is 31.2 Å². The van der Waals surface area contributed by atoms with Crippen LogP contribution in [0.3, 0.4) is 0 Å². The van der Waals surface area contributed by atoms with E-state index in [1.54, 1.807) is 29.2 Å². The first-order chi connectivity index (χ1) is 17.1. The van der Waals surface area contributed by atoms with Crippen molar-refractivity contribution in [3.63, 3.8) is 0 Å². The van der Waals surface area contributed by atoms with Crippen LogP contribution < -0.4 is 15.4 Å². The van der Waals surface area contributed by atoms with Crippen molar-refractivity contribution in [2.24, 2.45) is 0 Å². The fraction of sp³-hybridized carbons (Fsp3) is 0.259. The highest BCUT2D eigenvalue weighted by atomic mass is 16.5. The zero-order chi connectivity index (χ0) is 24.6. The number of aromatic nitrogens is 2. The number of rotatable bonds is 9. The predicted molar refractivity (Wildman–Crippen MR) is 136 cm³/mol. The fourth-order valence-electron chi connectivity index (χ4n) is 4.07. The summed E-state index contributed by atoms with van der Waals surface area (Å²) >= 11 is 0. The van der Waals surface area contributed by atoms with E-state index in [4.69, 9.17) is 4.74 Å². The van der Waals surface area contributed by atoms with Crippen molar-refractivity contribution in [2.75, 3.05) is 30.3 Å². The molecule has 1 fully saturated rings. The SMILES string of the molecule is C=CC(=O)N1CCC[C@@H](Nc2ncnc(NCC)c2C(=O)c2ccc(Oc3ccccc3)cc2)C1. The summed E-state index contributed by atoms with van der Waals surface area (Å²) in [6.07, 6.45) is 4.48. The molecule has 1 aliphatic rings. The molecule has 1 aromatic heterocycles. The second kappa shape index (κ2) is 11.3. The van der Waals surface area contributed by atoms with E-state index < -0.39 is 0 Å². The fourth-order valence-corrected chi connectivity index (χ4v) is 4.07. The lowest BCUT2D eigenvalue weighted by atomic mass is 10.0. The summed E-state index contributed by atoms with van der Waals surface area (Å²) in [5, 5.41) is 6.56. The molecule has 2 aromatic carbocycles. The van der Waals surface area contributed by atoms with Crippen LogP contribution in [0.15, 0.2) is 73.6 Å². The number of nitrogens with one attached hydrogen (secondary N) is 2. The maximum Gasteiger partial charge on any atom is 0.246 e. The summed E-state index contributed by atoms with van der Waals surface area (Å²) in [4.78, 5) is 36.2. The molecule has 35 heavy (non-hydrogen) atoms. The highest BCUT2D eigenvalue weighted by molar-refractivity contribution is 6.14. The average Bonchev–Trinajstić information content (AvgIpc) is 2.89. The molecular formula is C27H29N5O3. The summed E-state index contributed by atoms with van der Waals surface area (Å²) in [7, 11) is 0. The molecule has 180 valence electrons. The van der Waals surface area contributed by atoms with E-state index in [-0.39, 0.29) is 17.7 Å². The Morgan fingerprint density at radius 1 is 1.09 bits per heavy atom. The molecule has 0 radical (unpaired) electrons. The highest BCUT2D eigenvalue weighted by Gasteiger charge is 2.26. The van der Waals surface area contributed by atoms with Crippen LogP contribution in [-0.4, -0.2) is 52.2 Å². The molecule has 8 nitrogen and oxygen atoms in total. The Balaban J connectivity index is 1.57. The zero-order valence-electron chi connectivity index (χ0n) is 19.7. The average molecular weight is 472 g/mol. The Bertz CT molecular complexity index is 1180. The van der Waals surface area contributed by atoms with Crippen LogP contribution in [-0.2, 0) is 4.79 Å². The number of hydrogen-bond acceptors (Lipinski definition) is 7. The number of carbonyl (C=O) groups excluding carboxylic acids is 2. The number of ether oxygens (including phenoxy) is 1. The first-order valence-electron chi connectivity index (χ1n) is 11.7. The molecule has 0 aliphatic carbocycles. The van der Waals surface area contributed by atoms with Gasteiger partial charge in [-0.15, -0.1) is 0 Å². The predicted octanol–water partition coefficient (Wildman–Crippen LogP) is 4.52. The first-order valence-corrected chi connectivity index (χ1v) is 11.7. The van der Waals surface area contributed by atoms with Crippen LogP contribution >= 0.6 is 0 Å². The number of ketones is 1. The molecule has 1 amide bonds. The molecule has 4 rings (SSSR count). The summed E-state index contributed by atoms with van der Waals surface area (Å²) in [6.45, 7) is 7.34. The molecule has 1 atom stereocenters. The van der Waals surface area contributed by atoms with Gasteiger partial charge in [0.05, 0.1) is 0 Å². The van der Waals surface area contributed by atoms with Gasteiger partial charge in [0.25, 0.3) is 0 Å².